The fourth-order valence-corrected chi connectivity index (χ4v) is 2.45. The SMILES string of the molecule is CSCCCNc1ccc(C(C)C)cc1C(C)C. The first-order valence-electron chi connectivity index (χ1n) is 6.93. The van der Waals surface area contributed by atoms with E-state index in [0.717, 1.165) is 6.54 Å². The van der Waals surface area contributed by atoms with Crippen molar-refractivity contribution >= 4 is 17.4 Å². The minimum absolute atomic E-state index is 0.576. The molecule has 102 valence electrons. The molecule has 1 nitrogen and oxygen atoms in total. The van der Waals surface area contributed by atoms with Gasteiger partial charge in [-0.2, -0.15) is 11.8 Å². The van der Waals surface area contributed by atoms with Crippen molar-refractivity contribution in [2.24, 2.45) is 0 Å². The molecule has 2 heteroatoms. The Labute approximate surface area is 117 Å². The third kappa shape index (κ3) is 4.56. The van der Waals surface area contributed by atoms with Crippen molar-refractivity contribution < 1.29 is 0 Å². The Morgan fingerprint density at radius 2 is 1.83 bits per heavy atom. The first-order valence-corrected chi connectivity index (χ1v) is 8.32. The van der Waals surface area contributed by atoms with Crippen LogP contribution in [0.5, 0.6) is 0 Å². The Kier molecular flexibility index (Phi) is 6.62. The molecule has 0 aliphatic carbocycles. The van der Waals surface area contributed by atoms with E-state index in [1.54, 1.807) is 0 Å². The van der Waals surface area contributed by atoms with E-state index in [1.165, 1.54) is 29.0 Å². The molecule has 0 saturated heterocycles. The van der Waals surface area contributed by atoms with E-state index in [-0.39, 0.29) is 0 Å². The molecule has 0 aromatic heterocycles. The van der Waals surface area contributed by atoms with E-state index >= 15 is 0 Å². The summed E-state index contributed by atoms with van der Waals surface area (Å²) in [6, 6.07) is 6.88. The zero-order valence-electron chi connectivity index (χ0n) is 12.4. The van der Waals surface area contributed by atoms with E-state index in [0.29, 0.717) is 11.8 Å². The molecule has 0 bridgehead atoms. The van der Waals surface area contributed by atoms with Crippen LogP contribution in [0.3, 0.4) is 0 Å². The summed E-state index contributed by atoms with van der Waals surface area (Å²) >= 11 is 1.91. The Morgan fingerprint density at radius 1 is 1.11 bits per heavy atom. The summed E-state index contributed by atoms with van der Waals surface area (Å²) < 4.78 is 0. The van der Waals surface area contributed by atoms with Crippen molar-refractivity contribution in [3.8, 4) is 0 Å². The van der Waals surface area contributed by atoms with Gasteiger partial charge in [0.2, 0.25) is 0 Å². The predicted octanol–water partition coefficient (Wildman–Crippen LogP) is 5.10. The molecule has 1 aromatic carbocycles. The summed E-state index contributed by atoms with van der Waals surface area (Å²) in [5, 5.41) is 3.58. The monoisotopic (exact) mass is 265 g/mol. The minimum Gasteiger partial charge on any atom is -0.385 e. The molecule has 0 radical (unpaired) electrons. The zero-order valence-corrected chi connectivity index (χ0v) is 13.2. The molecule has 0 atom stereocenters. The van der Waals surface area contributed by atoms with Crippen LogP contribution in [0.15, 0.2) is 18.2 Å². The molecular weight excluding hydrogens is 238 g/mol. The maximum atomic E-state index is 3.58. The molecule has 18 heavy (non-hydrogen) atoms. The second-order valence-electron chi connectivity index (χ2n) is 5.43. The maximum Gasteiger partial charge on any atom is 0.0375 e. The van der Waals surface area contributed by atoms with Gasteiger partial charge in [0.1, 0.15) is 0 Å². The number of hydrogen-bond donors (Lipinski definition) is 1. The Balaban J connectivity index is 2.77. The normalized spacial score (nSPS) is 11.3. The van der Waals surface area contributed by atoms with Crippen LogP contribution in [0.25, 0.3) is 0 Å². The maximum absolute atomic E-state index is 3.58. The molecule has 1 aromatic rings. The number of rotatable bonds is 7. The summed E-state index contributed by atoms with van der Waals surface area (Å²) in [7, 11) is 0. The molecule has 0 amide bonds. The van der Waals surface area contributed by atoms with Crippen LogP contribution in [-0.2, 0) is 0 Å². The van der Waals surface area contributed by atoms with E-state index in [9.17, 15) is 0 Å². The average molecular weight is 265 g/mol. The van der Waals surface area contributed by atoms with Gasteiger partial charge < -0.3 is 5.32 Å². The quantitative estimate of drug-likeness (QED) is 0.688. The predicted molar refractivity (Wildman–Crippen MR) is 86.1 cm³/mol. The zero-order chi connectivity index (χ0) is 13.5. The molecule has 0 aliphatic heterocycles. The van der Waals surface area contributed by atoms with Gasteiger partial charge in [0.25, 0.3) is 0 Å². The summed E-state index contributed by atoms with van der Waals surface area (Å²) in [6.07, 6.45) is 3.39. The molecule has 0 unspecified atom stereocenters. The Bertz CT molecular complexity index is 358. The van der Waals surface area contributed by atoms with Crippen LogP contribution >= 0.6 is 11.8 Å². The van der Waals surface area contributed by atoms with Crippen LogP contribution in [0, 0.1) is 0 Å². The smallest absolute Gasteiger partial charge is 0.0375 e. The highest BCUT2D eigenvalue weighted by molar-refractivity contribution is 7.98. The van der Waals surface area contributed by atoms with E-state index in [4.69, 9.17) is 0 Å². The lowest BCUT2D eigenvalue weighted by molar-refractivity contribution is 0.832. The van der Waals surface area contributed by atoms with Crippen molar-refractivity contribution in [1.29, 1.82) is 0 Å². The molecule has 0 heterocycles. The second-order valence-corrected chi connectivity index (χ2v) is 6.41. The number of anilines is 1. The number of hydrogen-bond acceptors (Lipinski definition) is 2. The van der Waals surface area contributed by atoms with Crippen molar-refractivity contribution in [2.45, 2.75) is 46.0 Å². The van der Waals surface area contributed by atoms with Crippen LogP contribution < -0.4 is 5.32 Å². The number of benzene rings is 1. The first kappa shape index (κ1) is 15.4. The lowest BCUT2D eigenvalue weighted by Gasteiger charge is -2.17. The molecular formula is C16H27NS. The highest BCUT2D eigenvalue weighted by Crippen LogP contribution is 2.28. The summed E-state index contributed by atoms with van der Waals surface area (Å²) in [6.45, 7) is 10.1. The van der Waals surface area contributed by atoms with Gasteiger partial charge in [0, 0.05) is 12.2 Å². The third-order valence-corrected chi connectivity index (χ3v) is 3.90. The number of thioether (sulfide) groups is 1. The summed E-state index contributed by atoms with van der Waals surface area (Å²) in [5.41, 5.74) is 4.20. The standard InChI is InChI=1S/C16H27NS/c1-12(2)14-7-8-16(15(11-14)13(3)4)17-9-6-10-18-5/h7-8,11-13,17H,6,9-10H2,1-5H3. The van der Waals surface area contributed by atoms with Crippen molar-refractivity contribution in [3.63, 3.8) is 0 Å². The average Bonchev–Trinajstić information content (AvgIpc) is 2.34. The van der Waals surface area contributed by atoms with Crippen molar-refractivity contribution in [1.82, 2.24) is 0 Å². The van der Waals surface area contributed by atoms with Crippen LogP contribution in [0.4, 0.5) is 5.69 Å². The van der Waals surface area contributed by atoms with E-state index in [2.05, 4.69) is 57.5 Å². The van der Waals surface area contributed by atoms with E-state index < -0.39 is 0 Å². The van der Waals surface area contributed by atoms with Crippen LogP contribution in [0.2, 0.25) is 0 Å². The van der Waals surface area contributed by atoms with Crippen molar-refractivity contribution in [2.75, 3.05) is 23.9 Å². The second kappa shape index (κ2) is 7.73. The first-order chi connectivity index (χ1) is 8.56. The van der Waals surface area contributed by atoms with Gasteiger partial charge in [-0.05, 0) is 47.5 Å². The molecule has 0 fully saturated rings. The third-order valence-electron chi connectivity index (χ3n) is 3.20. The molecule has 1 rings (SSSR count). The minimum atomic E-state index is 0.576. The highest BCUT2D eigenvalue weighted by atomic mass is 32.2. The summed E-state index contributed by atoms with van der Waals surface area (Å²) in [5.74, 6) is 2.41. The molecule has 0 aliphatic rings. The van der Waals surface area contributed by atoms with E-state index in [1.807, 2.05) is 11.8 Å². The van der Waals surface area contributed by atoms with Crippen LogP contribution in [0.1, 0.15) is 57.1 Å². The molecule has 0 spiro atoms. The fourth-order valence-electron chi connectivity index (χ4n) is 2.02. The lowest BCUT2D eigenvalue weighted by atomic mass is 9.94. The topological polar surface area (TPSA) is 12.0 Å². The molecule has 0 saturated carbocycles. The summed E-state index contributed by atoms with van der Waals surface area (Å²) in [4.78, 5) is 0. The van der Waals surface area contributed by atoms with Gasteiger partial charge in [-0.15, -0.1) is 0 Å². The van der Waals surface area contributed by atoms with Gasteiger partial charge in [-0.1, -0.05) is 39.8 Å². The van der Waals surface area contributed by atoms with Crippen molar-refractivity contribution in [3.05, 3.63) is 29.3 Å². The van der Waals surface area contributed by atoms with Crippen LogP contribution in [-0.4, -0.2) is 18.6 Å². The molecule has 1 N–H and O–H groups in total. The largest absolute Gasteiger partial charge is 0.385 e. The van der Waals surface area contributed by atoms with Gasteiger partial charge in [0.05, 0.1) is 0 Å². The van der Waals surface area contributed by atoms with Gasteiger partial charge in [0.15, 0.2) is 0 Å². The Hall–Kier alpha value is -0.630. The highest BCUT2D eigenvalue weighted by Gasteiger charge is 2.09. The number of nitrogens with one attached hydrogen (secondary N) is 1. The van der Waals surface area contributed by atoms with Gasteiger partial charge >= 0.3 is 0 Å². The fraction of sp³-hybridized carbons (Fsp3) is 0.625. The van der Waals surface area contributed by atoms with Gasteiger partial charge in [-0.3, -0.25) is 0 Å². The van der Waals surface area contributed by atoms with Gasteiger partial charge in [-0.25, -0.2) is 0 Å². The Morgan fingerprint density at radius 3 is 2.39 bits per heavy atom. The lowest BCUT2D eigenvalue weighted by Crippen LogP contribution is -2.06.